The summed E-state index contributed by atoms with van der Waals surface area (Å²) in [5.74, 6) is 0.475. The number of likely N-dealkylation sites (N-methyl/N-ethyl adjacent to an activating group) is 1. The molecule has 0 bridgehead atoms. The molecule has 2 saturated heterocycles. The Labute approximate surface area is 136 Å². The summed E-state index contributed by atoms with van der Waals surface area (Å²) in [7, 11) is 2.18. The van der Waals surface area contributed by atoms with Gasteiger partial charge in [0.05, 0.1) is 0 Å². The monoisotopic (exact) mass is 310 g/mol. The molecule has 1 N–H and O–H groups in total. The molecule has 0 aromatic carbocycles. The van der Waals surface area contributed by atoms with Crippen molar-refractivity contribution in [3.05, 3.63) is 0 Å². The largest absolute Gasteiger partial charge is 0.477 e. The molecule has 0 radical (unpaired) electrons. The zero-order valence-corrected chi connectivity index (χ0v) is 14.5. The highest BCUT2D eigenvalue weighted by Gasteiger charge is 2.18. The van der Waals surface area contributed by atoms with Crippen LogP contribution >= 0.6 is 0 Å². The van der Waals surface area contributed by atoms with Crippen molar-refractivity contribution in [2.75, 3.05) is 59.4 Å². The summed E-state index contributed by atoms with van der Waals surface area (Å²) in [6.07, 6.45) is 5.94. The Hall–Kier alpha value is -0.650. The van der Waals surface area contributed by atoms with Crippen molar-refractivity contribution in [3.63, 3.8) is 0 Å². The van der Waals surface area contributed by atoms with Crippen LogP contribution in [0.15, 0.2) is 0 Å². The van der Waals surface area contributed by atoms with E-state index in [2.05, 4.69) is 28.7 Å². The van der Waals surface area contributed by atoms with Crippen molar-refractivity contribution >= 4 is 5.90 Å². The van der Waals surface area contributed by atoms with Crippen LogP contribution in [0.5, 0.6) is 0 Å². The second-order valence-corrected chi connectivity index (χ2v) is 6.83. The lowest BCUT2D eigenvalue weighted by molar-refractivity contribution is 0.101. The molecule has 0 spiro atoms. The molecule has 0 saturated carbocycles. The van der Waals surface area contributed by atoms with E-state index in [9.17, 15) is 0 Å². The molecule has 2 rings (SSSR count). The van der Waals surface area contributed by atoms with Gasteiger partial charge in [0.25, 0.3) is 0 Å². The highest BCUT2D eigenvalue weighted by Crippen LogP contribution is 2.12. The number of nitrogens with zero attached hydrogens (tertiary/aromatic N) is 3. The summed E-state index contributed by atoms with van der Waals surface area (Å²) in [6.45, 7) is 11.1. The van der Waals surface area contributed by atoms with E-state index in [0.717, 1.165) is 52.1 Å². The number of hydrogen-bond donors (Lipinski definition) is 1. The fraction of sp³-hybridized carbons (Fsp3) is 0.941. The minimum absolute atomic E-state index is 0.193. The van der Waals surface area contributed by atoms with Gasteiger partial charge in [-0.1, -0.05) is 13.3 Å². The maximum Gasteiger partial charge on any atom is 0.182 e. The van der Waals surface area contributed by atoms with Gasteiger partial charge in [-0.2, -0.15) is 0 Å². The highest BCUT2D eigenvalue weighted by molar-refractivity contribution is 5.72. The van der Waals surface area contributed by atoms with E-state index in [1.807, 2.05) is 0 Å². The van der Waals surface area contributed by atoms with Gasteiger partial charge in [-0.25, -0.2) is 0 Å². The van der Waals surface area contributed by atoms with Gasteiger partial charge >= 0.3 is 0 Å². The summed E-state index contributed by atoms with van der Waals surface area (Å²) in [4.78, 5) is 7.32. The Morgan fingerprint density at radius 1 is 1.00 bits per heavy atom. The molecule has 5 nitrogen and oxygen atoms in total. The predicted molar refractivity (Wildman–Crippen MR) is 91.7 cm³/mol. The highest BCUT2D eigenvalue weighted by atomic mass is 16.5. The lowest BCUT2D eigenvalue weighted by atomic mass is 10.1. The first-order valence-electron chi connectivity index (χ1n) is 9.04. The Kier molecular flexibility index (Phi) is 7.63. The third kappa shape index (κ3) is 6.23. The van der Waals surface area contributed by atoms with Crippen molar-refractivity contribution in [2.45, 2.75) is 45.1 Å². The molecule has 2 aliphatic heterocycles. The third-order valence-electron chi connectivity index (χ3n) is 4.93. The van der Waals surface area contributed by atoms with Gasteiger partial charge in [-0.15, -0.1) is 0 Å². The molecular formula is C17H34N4O. The van der Waals surface area contributed by atoms with Gasteiger partial charge in [0.1, 0.15) is 6.10 Å². The maximum absolute atomic E-state index is 8.12. The lowest BCUT2D eigenvalue weighted by Crippen LogP contribution is -2.45. The molecule has 128 valence electrons. The van der Waals surface area contributed by atoms with Crippen LogP contribution in [0, 0.1) is 5.41 Å². The van der Waals surface area contributed by atoms with Crippen LogP contribution in [0.2, 0.25) is 0 Å². The van der Waals surface area contributed by atoms with Crippen LogP contribution in [-0.2, 0) is 4.74 Å². The summed E-state index contributed by atoms with van der Waals surface area (Å²) in [5.41, 5.74) is 0. The van der Waals surface area contributed by atoms with Crippen molar-refractivity contribution in [1.82, 2.24) is 14.7 Å². The standard InChI is InChI=1S/C17H34N4O/c1-3-16(15-21-8-5-4-6-9-21)22-17(18)7-10-20-13-11-19(2)12-14-20/h16,18H,3-15H2,1-2H3. The average Bonchev–Trinajstić information content (AvgIpc) is 2.54. The molecule has 0 amide bonds. The van der Waals surface area contributed by atoms with Crippen molar-refractivity contribution < 1.29 is 4.74 Å². The number of piperazine rings is 1. The summed E-state index contributed by atoms with van der Waals surface area (Å²) in [6, 6.07) is 0. The quantitative estimate of drug-likeness (QED) is 0.576. The first-order valence-corrected chi connectivity index (χ1v) is 9.04. The van der Waals surface area contributed by atoms with Crippen LogP contribution < -0.4 is 0 Å². The number of piperidine rings is 1. The zero-order valence-electron chi connectivity index (χ0n) is 14.5. The van der Waals surface area contributed by atoms with Crippen LogP contribution in [-0.4, -0.2) is 86.1 Å². The number of hydrogen-bond acceptors (Lipinski definition) is 5. The fourth-order valence-corrected chi connectivity index (χ4v) is 3.27. The molecule has 5 heteroatoms. The van der Waals surface area contributed by atoms with Crippen LogP contribution in [0.4, 0.5) is 0 Å². The average molecular weight is 310 g/mol. The maximum atomic E-state index is 8.12. The van der Waals surface area contributed by atoms with Crippen LogP contribution in [0.25, 0.3) is 0 Å². The zero-order chi connectivity index (χ0) is 15.8. The van der Waals surface area contributed by atoms with E-state index in [1.54, 1.807) is 0 Å². The summed E-state index contributed by atoms with van der Waals surface area (Å²) >= 11 is 0. The SMILES string of the molecule is CCC(CN1CCCCC1)OC(=N)CCN1CCN(C)CC1. The molecule has 1 unspecified atom stereocenters. The van der Waals surface area contributed by atoms with E-state index in [-0.39, 0.29) is 6.10 Å². The van der Waals surface area contributed by atoms with E-state index in [4.69, 9.17) is 10.1 Å². The number of ether oxygens (including phenoxy) is 1. The fourth-order valence-electron chi connectivity index (χ4n) is 3.27. The van der Waals surface area contributed by atoms with Crippen molar-refractivity contribution in [1.29, 1.82) is 5.41 Å². The van der Waals surface area contributed by atoms with Crippen molar-refractivity contribution in [3.8, 4) is 0 Å². The Morgan fingerprint density at radius 2 is 1.68 bits per heavy atom. The predicted octanol–water partition coefficient (Wildman–Crippen LogP) is 1.88. The molecule has 22 heavy (non-hydrogen) atoms. The minimum atomic E-state index is 0.193. The molecule has 0 aliphatic carbocycles. The van der Waals surface area contributed by atoms with Gasteiger partial charge < -0.3 is 14.5 Å². The third-order valence-corrected chi connectivity index (χ3v) is 4.93. The minimum Gasteiger partial charge on any atom is -0.477 e. The summed E-state index contributed by atoms with van der Waals surface area (Å²) < 4.78 is 5.92. The van der Waals surface area contributed by atoms with Crippen molar-refractivity contribution in [2.24, 2.45) is 0 Å². The second kappa shape index (κ2) is 9.48. The van der Waals surface area contributed by atoms with E-state index in [0.29, 0.717) is 5.90 Å². The summed E-state index contributed by atoms with van der Waals surface area (Å²) in [5, 5.41) is 8.12. The lowest BCUT2D eigenvalue weighted by Gasteiger charge is -2.33. The molecule has 0 aromatic rings. The van der Waals surface area contributed by atoms with E-state index < -0.39 is 0 Å². The second-order valence-electron chi connectivity index (χ2n) is 6.83. The Bertz CT molecular complexity index is 323. The van der Waals surface area contributed by atoms with Gasteiger partial charge in [0.2, 0.25) is 0 Å². The molecule has 0 aromatic heterocycles. The molecule has 1 atom stereocenters. The van der Waals surface area contributed by atoms with Gasteiger partial charge in [0, 0.05) is 45.7 Å². The normalized spacial score (nSPS) is 23.4. The van der Waals surface area contributed by atoms with Gasteiger partial charge in [-0.05, 0) is 39.4 Å². The molecule has 2 heterocycles. The first-order chi connectivity index (χ1) is 10.7. The van der Waals surface area contributed by atoms with Crippen LogP contribution in [0.1, 0.15) is 39.0 Å². The van der Waals surface area contributed by atoms with Crippen LogP contribution in [0.3, 0.4) is 0 Å². The number of nitrogens with one attached hydrogen (secondary N) is 1. The molecular weight excluding hydrogens is 276 g/mol. The van der Waals surface area contributed by atoms with Gasteiger partial charge in [0.15, 0.2) is 5.90 Å². The molecule has 2 aliphatic rings. The molecule has 2 fully saturated rings. The number of likely N-dealkylation sites (tertiary alicyclic amines) is 1. The van der Waals surface area contributed by atoms with E-state index in [1.165, 1.54) is 32.4 Å². The van der Waals surface area contributed by atoms with Gasteiger partial charge in [-0.3, -0.25) is 10.3 Å². The Balaban J connectivity index is 1.63. The van der Waals surface area contributed by atoms with E-state index >= 15 is 0 Å². The smallest absolute Gasteiger partial charge is 0.182 e. The first kappa shape index (κ1) is 17.7. The topological polar surface area (TPSA) is 42.8 Å². The number of rotatable bonds is 7. The Morgan fingerprint density at radius 3 is 2.32 bits per heavy atom.